The standard InChI is InChI=1S/C15H17N3O2.ClH/c19-14(13-7-4-8-16-13)17-9-12-10-20-15(18-12)11-5-2-1-3-6-11;/h1-3,5-6,10,13,16H,4,7-9H2,(H,17,19);1H. The highest BCUT2D eigenvalue weighted by Gasteiger charge is 2.21. The number of rotatable bonds is 4. The van der Waals surface area contributed by atoms with Crippen molar-refractivity contribution < 1.29 is 9.21 Å². The lowest BCUT2D eigenvalue weighted by Gasteiger charge is -2.09. The molecule has 1 amide bonds. The maximum atomic E-state index is 11.9. The van der Waals surface area contributed by atoms with Crippen LogP contribution in [-0.2, 0) is 11.3 Å². The average molecular weight is 308 g/mol. The van der Waals surface area contributed by atoms with E-state index in [1.54, 1.807) is 6.26 Å². The second-order valence-electron chi connectivity index (χ2n) is 4.88. The fourth-order valence-corrected chi connectivity index (χ4v) is 2.31. The van der Waals surface area contributed by atoms with Crippen LogP contribution in [-0.4, -0.2) is 23.5 Å². The van der Waals surface area contributed by atoms with E-state index in [2.05, 4.69) is 15.6 Å². The van der Waals surface area contributed by atoms with Crippen LogP contribution in [0.3, 0.4) is 0 Å². The highest BCUT2D eigenvalue weighted by molar-refractivity contribution is 5.85. The highest BCUT2D eigenvalue weighted by atomic mass is 35.5. The number of nitrogens with one attached hydrogen (secondary N) is 2. The lowest BCUT2D eigenvalue weighted by molar-refractivity contribution is -0.122. The first-order valence-electron chi connectivity index (χ1n) is 6.84. The smallest absolute Gasteiger partial charge is 0.237 e. The van der Waals surface area contributed by atoms with Gasteiger partial charge in [-0.15, -0.1) is 12.4 Å². The number of halogens is 1. The lowest BCUT2D eigenvalue weighted by atomic mass is 10.2. The van der Waals surface area contributed by atoms with Crippen LogP contribution in [0.4, 0.5) is 0 Å². The lowest BCUT2D eigenvalue weighted by Crippen LogP contribution is -2.40. The monoisotopic (exact) mass is 307 g/mol. The molecule has 0 aliphatic carbocycles. The van der Waals surface area contributed by atoms with Crippen LogP contribution in [0.25, 0.3) is 11.5 Å². The van der Waals surface area contributed by atoms with Gasteiger partial charge in [-0.05, 0) is 31.5 Å². The number of carbonyl (C=O) groups is 1. The number of benzene rings is 1. The molecule has 1 aromatic heterocycles. The second-order valence-corrected chi connectivity index (χ2v) is 4.88. The van der Waals surface area contributed by atoms with E-state index < -0.39 is 0 Å². The van der Waals surface area contributed by atoms with Crippen molar-refractivity contribution in [1.29, 1.82) is 0 Å². The molecule has 21 heavy (non-hydrogen) atoms. The zero-order valence-corrected chi connectivity index (χ0v) is 12.4. The summed E-state index contributed by atoms with van der Waals surface area (Å²) in [4.78, 5) is 16.2. The van der Waals surface area contributed by atoms with E-state index in [1.165, 1.54) is 0 Å². The minimum atomic E-state index is -0.0597. The third kappa shape index (κ3) is 3.83. The van der Waals surface area contributed by atoms with E-state index >= 15 is 0 Å². The number of aromatic nitrogens is 1. The third-order valence-corrected chi connectivity index (χ3v) is 3.39. The summed E-state index contributed by atoms with van der Waals surface area (Å²) in [6.07, 6.45) is 3.55. The Kier molecular flexibility index (Phi) is 5.36. The van der Waals surface area contributed by atoms with Gasteiger partial charge in [0, 0.05) is 5.56 Å². The number of hydrogen-bond donors (Lipinski definition) is 2. The van der Waals surface area contributed by atoms with Gasteiger partial charge < -0.3 is 15.1 Å². The fourth-order valence-electron chi connectivity index (χ4n) is 2.31. The maximum Gasteiger partial charge on any atom is 0.237 e. The topological polar surface area (TPSA) is 67.2 Å². The molecule has 5 nitrogen and oxygen atoms in total. The van der Waals surface area contributed by atoms with Crippen LogP contribution in [0.15, 0.2) is 41.0 Å². The van der Waals surface area contributed by atoms with Gasteiger partial charge in [0.15, 0.2) is 0 Å². The first kappa shape index (κ1) is 15.5. The van der Waals surface area contributed by atoms with Gasteiger partial charge in [-0.2, -0.15) is 0 Å². The van der Waals surface area contributed by atoms with Crippen molar-refractivity contribution in [2.75, 3.05) is 6.54 Å². The van der Waals surface area contributed by atoms with Crippen LogP contribution in [0.5, 0.6) is 0 Å². The van der Waals surface area contributed by atoms with E-state index in [1.807, 2.05) is 30.3 Å². The van der Waals surface area contributed by atoms with Crippen molar-refractivity contribution in [1.82, 2.24) is 15.6 Å². The van der Waals surface area contributed by atoms with Crippen LogP contribution >= 0.6 is 12.4 Å². The number of nitrogens with zero attached hydrogens (tertiary/aromatic N) is 1. The Balaban J connectivity index is 0.00000161. The van der Waals surface area contributed by atoms with Crippen LogP contribution < -0.4 is 10.6 Å². The quantitative estimate of drug-likeness (QED) is 0.908. The number of oxazole rings is 1. The molecule has 2 heterocycles. The molecule has 1 saturated heterocycles. The summed E-state index contributed by atoms with van der Waals surface area (Å²) in [5.74, 6) is 0.612. The molecule has 0 spiro atoms. The van der Waals surface area contributed by atoms with Crippen molar-refractivity contribution in [3.05, 3.63) is 42.3 Å². The molecular weight excluding hydrogens is 290 g/mol. The fraction of sp³-hybridized carbons (Fsp3) is 0.333. The van der Waals surface area contributed by atoms with Crippen molar-refractivity contribution in [2.45, 2.75) is 25.4 Å². The van der Waals surface area contributed by atoms with Gasteiger partial charge in [0.25, 0.3) is 0 Å². The maximum absolute atomic E-state index is 11.9. The van der Waals surface area contributed by atoms with Crippen LogP contribution in [0.1, 0.15) is 18.5 Å². The van der Waals surface area contributed by atoms with E-state index in [4.69, 9.17) is 4.42 Å². The first-order valence-corrected chi connectivity index (χ1v) is 6.84. The molecule has 3 rings (SSSR count). The molecular formula is C15H18ClN3O2. The summed E-state index contributed by atoms with van der Waals surface area (Å²) in [5, 5.41) is 6.05. The van der Waals surface area contributed by atoms with Gasteiger partial charge in [0.2, 0.25) is 11.8 Å². The highest BCUT2D eigenvalue weighted by Crippen LogP contribution is 2.17. The number of hydrogen-bond acceptors (Lipinski definition) is 4. The van der Waals surface area contributed by atoms with E-state index in [0.717, 1.165) is 30.6 Å². The Hall–Kier alpha value is -1.85. The van der Waals surface area contributed by atoms with Crippen LogP contribution in [0, 0.1) is 0 Å². The molecule has 1 unspecified atom stereocenters. The zero-order chi connectivity index (χ0) is 13.8. The summed E-state index contributed by atoms with van der Waals surface area (Å²) in [6.45, 7) is 1.31. The average Bonchev–Trinajstić information content (AvgIpc) is 3.17. The minimum Gasteiger partial charge on any atom is -0.444 e. The van der Waals surface area contributed by atoms with E-state index in [9.17, 15) is 4.79 Å². The Morgan fingerprint density at radius 3 is 2.90 bits per heavy atom. The molecule has 1 aliphatic heterocycles. The summed E-state index contributed by atoms with van der Waals surface area (Å²) in [7, 11) is 0. The summed E-state index contributed by atoms with van der Waals surface area (Å²) >= 11 is 0. The van der Waals surface area contributed by atoms with Crippen LogP contribution in [0.2, 0.25) is 0 Å². The summed E-state index contributed by atoms with van der Waals surface area (Å²) < 4.78 is 5.43. The van der Waals surface area contributed by atoms with Gasteiger partial charge >= 0.3 is 0 Å². The van der Waals surface area contributed by atoms with E-state index in [-0.39, 0.29) is 24.4 Å². The SMILES string of the molecule is Cl.O=C(NCc1coc(-c2ccccc2)n1)C1CCCN1. The van der Waals surface area contributed by atoms with Gasteiger partial charge in [-0.1, -0.05) is 18.2 Å². The Labute approximate surface area is 129 Å². The van der Waals surface area contributed by atoms with Crippen molar-refractivity contribution in [2.24, 2.45) is 0 Å². The zero-order valence-electron chi connectivity index (χ0n) is 11.5. The Morgan fingerprint density at radius 2 is 2.19 bits per heavy atom. The molecule has 2 N–H and O–H groups in total. The first-order chi connectivity index (χ1) is 9.83. The Bertz CT molecular complexity index is 580. The van der Waals surface area contributed by atoms with Gasteiger partial charge in [0.05, 0.1) is 18.3 Å². The van der Waals surface area contributed by atoms with Crippen molar-refractivity contribution in [3.63, 3.8) is 0 Å². The van der Waals surface area contributed by atoms with Crippen molar-refractivity contribution >= 4 is 18.3 Å². The Morgan fingerprint density at radius 1 is 1.38 bits per heavy atom. The molecule has 0 bridgehead atoms. The predicted molar refractivity (Wildman–Crippen MR) is 82.1 cm³/mol. The number of amides is 1. The van der Waals surface area contributed by atoms with E-state index in [0.29, 0.717) is 12.4 Å². The molecule has 1 fully saturated rings. The van der Waals surface area contributed by atoms with Gasteiger partial charge in [-0.25, -0.2) is 4.98 Å². The van der Waals surface area contributed by atoms with Crippen molar-refractivity contribution in [3.8, 4) is 11.5 Å². The molecule has 0 radical (unpaired) electrons. The summed E-state index contributed by atoms with van der Waals surface area (Å²) in [5.41, 5.74) is 1.66. The summed E-state index contributed by atoms with van der Waals surface area (Å²) in [6, 6.07) is 9.64. The minimum absolute atomic E-state index is 0. The predicted octanol–water partition coefficient (Wildman–Crippen LogP) is 2.13. The molecule has 2 aromatic rings. The van der Waals surface area contributed by atoms with Gasteiger partial charge in [-0.3, -0.25) is 4.79 Å². The molecule has 1 aromatic carbocycles. The number of carbonyl (C=O) groups excluding carboxylic acids is 1. The third-order valence-electron chi connectivity index (χ3n) is 3.39. The molecule has 1 aliphatic rings. The molecule has 112 valence electrons. The molecule has 0 saturated carbocycles. The van der Waals surface area contributed by atoms with Gasteiger partial charge in [0.1, 0.15) is 6.26 Å². The normalized spacial score (nSPS) is 17.2. The largest absolute Gasteiger partial charge is 0.444 e. The molecule has 1 atom stereocenters. The second kappa shape index (κ2) is 7.24. The molecule has 6 heteroatoms.